The van der Waals surface area contributed by atoms with Crippen LogP contribution in [0.4, 0.5) is 5.69 Å². The van der Waals surface area contributed by atoms with Crippen molar-refractivity contribution in [1.82, 2.24) is 5.43 Å². The van der Waals surface area contributed by atoms with Crippen LogP contribution in [0.2, 0.25) is 5.02 Å². The molecule has 0 aliphatic rings. The number of halogens is 1. The lowest BCUT2D eigenvalue weighted by Gasteiger charge is -2.05. The minimum atomic E-state index is -0.177. The zero-order chi connectivity index (χ0) is 12.8. The highest BCUT2D eigenvalue weighted by Gasteiger charge is 2.02. The number of nitrogens with one attached hydrogen (secondary N) is 2. The molecule has 0 aliphatic heterocycles. The van der Waals surface area contributed by atoms with Crippen molar-refractivity contribution in [1.29, 1.82) is 0 Å². The summed E-state index contributed by atoms with van der Waals surface area (Å²) in [6.45, 7) is 1.41. The van der Waals surface area contributed by atoms with E-state index in [4.69, 9.17) is 17.3 Å². The summed E-state index contributed by atoms with van der Waals surface area (Å²) < 4.78 is 0. The van der Waals surface area contributed by atoms with E-state index >= 15 is 0 Å². The molecule has 0 spiro atoms. The van der Waals surface area contributed by atoms with Gasteiger partial charge < -0.3 is 11.1 Å². The minimum absolute atomic E-state index is 0. The van der Waals surface area contributed by atoms with Crippen molar-refractivity contribution in [3.05, 3.63) is 28.8 Å². The maximum absolute atomic E-state index is 10.9. The van der Waals surface area contributed by atoms with Crippen LogP contribution in [0.1, 0.15) is 13.9 Å². The number of hydrogen-bond donors (Lipinski definition) is 3. The molecule has 0 aromatic heterocycles. The van der Waals surface area contributed by atoms with Crippen LogP contribution in [0.15, 0.2) is 23.3 Å². The minimum Gasteiger partial charge on any atom is -0.375 e. The molecule has 0 saturated heterocycles. The van der Waals surface area contributed by atoms with Crippen molar-refractivity contribution < 1.29 is 6.22 Å². The van der Waals surface area contributed by atoms with E-state index in [1.165, 1.54) is 13.1 Å². The number of rotatable bonds is 3. The topological polar surface area (TPSA) is 79.5 Å². The average molecular weight is 273 g/mol. The third-order valence-electron chi connectivity index (χ3n) is 1.69. The molecule has 0 unspecified atom stereocenters. The highest BCUT2D eigenvalue weighted by molar-refractivity contribution is 7.80. The summed E-state index contributed by atoms with van der Waals surface area (Å²) in [5, 5.41) is 6.90. The second-order valence-electron chi connectivity index (χ2n) is 3.15. The van der Waals surface area contributed by atoms with Crippen LogP contribution in [0.25, 0.3) is 0 Å². The van der Waals surface area contributed by atoms with Gasteiger partial charge in [-0.05, 0) is 29.9 Å². The van der Waals surface area contributed by atoms with Crippen LogP contribution in [0, 0.1) is 0 Å². The summed E-state index contributed by atoms with van der Waals surface area (Å²) in [4.78, 5) is 10.9. The first-order valence-corrected chi connectivity index (χ1v) is 5.43. The molecule has 17 heavy (non-hydrogen) atoms. The van der Waals surface area contributed by atoms with Gasteiger partial charge in [0.25, 0.3) is 0 Å². The van der Waals surface area contributed by atoms with Gasteiger partial charge >= 0.3 is 0 Å². The lowest BCUT2D eigenvalue weighted by atomic mass is 10.2. The number of carbonyl (C=O) groups is 1. The number of amides is 1. The molecule has 0 aliphatic carbocycles. The van der Waals surface area contributed by atoms with Crippen LogP contribution in [0.3, 0.4) is 0 Å². The quantitative estimate of drug-likeness (QED) is 0.445. The van der Waals surface area contributed by atoms with Gasteiger partial charge in [0.2, 0.25) is 5.91 Å². The van der Waals surface area contributed by atoms with Crippen molar-refractivity contribution >= 4 is 46.7 Å². The fourth-order valence-electron chi connectivity index (χ4n) is 1.07. The van der Waals surface area contributed by atoms with E-state index in [-0.39, 0.29) is 12.4 Å². The zero-order valence-electron chi connectivity index (χ0n) is 9.03. The number of hydrogen-bond acceptors (Lipinski definition) is 3. The number of anilines is 1. The van der Waals surface area contributed by atoms with E-state index in [9.17, 15) is 4.79 Å². The van der Waals surface area contributed by atoms with E-state index in [1.54, 1.807) is 18.2 Å². The molecule has 1 aromatic carbocycles. The fourth-order valence-corrected chi connectivity index (χ4v) is 1.36. The van der Waals surface area contributed by atoms with Gasteiger partial charge in [-0.3, -0.25) is 10.2 Å². The molecule has 0 radical (unpaired) electrons. The number of thiocarbonyl (C=S) groups is 1. The van der Waals surface area contributed by atoms with Crippen LogP contribution in [-0.4, -0.2) is 17.2 Å². The summed E-state index contributed by atoms with van der Waals surface area (Å²) >= 11 is 10.6. The van der Waals surface area contributed by atoms with Gasteiger partial charge in [0.1, 0.15) is 0 Å². The lowest BCUT2D eigenvalue weighted by Crippen LogP contribution is -2.23. The van der Waals surface area contributed by atoms with E-state index in [0.29, 0.717) is 10.7 Å². The number of carbonyl (C=O) groups excluding carboxylic acids is 1. The molecule has 1 amide bonds. The number of benzene rings is 1. The monoisotopic (exact) mass is 272 g/mol. The fraction of sp³-hybridized carbons (Fsp3) is 0.100. The Morgan fingerprint density at radius 1 is 1.65 bits per heavy atom. The van der Waals surface area contributed by atoms with Crippen LogP contribution >= 0.6 is 23.8 Å². The second-order valence-corrected chi connectivity index (χ2v) is 4.00. The Labute approximate surface area is 111 Å². The van der Waals surface area contributed by atoms with Gasteiger partial charge in [0, 0.05) is 8.35 Å². The molecule has 0 heterocycles. The molecule has 1 rings (SSSR count). The van der Waals surface area contributed by atoms with Gasteiger partial charge in [-0.15, -0.1) is 0 Å². The van der Waals surface area contributed by atoms with E-state index in [1.807, 2.05) is 0 Å². The van der Waals surface area contributed by atoms with Crippen molar-refractivity contribution in [2.45, 2.75) is 6.92 Å². The maximum atomic E-state index is 10.9. The Bertz CT molecular complexity index is 481. The third kappa shape index (κ3) is 4.80. The van der Waals surface area contributed by atoms with Crippen molar-refractivity contribution in [3.63, 3.8) is 0 Å². The molecule has 4 N–H and O–H groups in total. The molecule has 1 aromatic rings. The first-order chi connectivity index (χ1) is 7.99. The summed E-state index contributed by atoms with van der Waals surface area (Å²) in [6.07, 6.45) is 1.52. The lowest BCUT2D eigenvalue weighted by molar-refractivity contribution is -0.114. The van der Waals surface area contributed by atoms with Crippen molar-refractivity contribution in [3.8, 4) is 0 Å². The predicted octanol–water partition coefficient (Wildman–Crippen LogP) is 1.71. The molecular weight excluding hydrogens is 260 g/mol. The molecule has 5 nitrogen and oxygen atoms in total. The molecule has 92 valence electrons. The van der Waals surface area contributed by atoms with Crippen LogP contribution in [-0.2, 0) is 4.79 Å². The molecule has 0 saturated carbocycles. The first-order valence-electron chi connectivity index (χ1n) is 4.64. The predicted molar refractivity (Wildman–Crippen MR) is 75.4 cm³/mol. The molecule has 0 fully saturated rings. The van der Waals surface area contributed by atoms with Gasteiger partial charge in [-0.2, -0.15) is 5.10 Å². The SMILES string of the molecule is CC(=O)Nc1ccc(/C=N/NC(N)=S)cc1Cl.[HH]. The molecular formula is C10H13ClN4OS. The van der Waals surface area contributed by atoms with Crippen molar-refractivity contribution in [2.75, 3.05) is 5.32 Å². The van der Waals surface area contributed by atoms with Crippen LogP contribution < -0.4 is 16.5 Å². The standard InChI is InChI=1S/C10H11ClN4OS.H2/c1-6(16)14-9-3-2-7(4-8(9)11)5-13-15-10(12)17;/h2-5H,1H3,(H,14,16)(H3,12,15,17);1H/b13-5+;. The second kappa shape index (κ2) is 6.17. The van der Waals surface area contributed by atoms with Gasteiger partial charge in [0.15, 0.2) is 5.11 Å². The normalized spacial score (nSPS) is 10.2. The summed E-state index contributed by atoms with van der Waals surface area (Å²) in [6, 6.07) is 5.10. The van der Waals surface area contributed by atoms with Crippen molar-refractivity contribution in [2.24, 2.45) is 10.8 Å². The van der Waals surface area contributed by atoms with Gasteiger partial charge in [-0.25, -0.2) is 0 Å². The molecule has 7 heteroatoms. The Morgan fingerprint density at radius 3 is 2.88 bits per heavy atom. The number of hydrazone groups is 1. The van der Waals surface area contributed by atoms with E-state index in [0.717, 1.165) is 5.56 Å². The summed E-state index contributed by atoms with van der Waals surface area (Å²) in [5.41, 5.74) is 8.94. The van der Waals surface area contributed by atoms with E-state index < -0.39 is 0 Å². The third-order valence-corrected chi connectivity index (χ3v) is 2.10. The Morgan fingerprint density at radius 2 is 2.35 bits per heavy atom. The average Bonchev–Trinajstić information content (AvgIpc) is 2.21. The molecule has 0 atom stereocenters. The number of nitrogens with zero attached hydrogens (tertiary/aromatic N) is 1. The maximum Gasteiger partial charge on any atom is 0.221 e. The largest absolute Gasteiger partial charge is 0.375 e. The van der Waals surface area contributed by atoms with Gasteiger partial charge in [-0.1, -0.05) is 17.7 Å². The number of nitrogens with two attached hydrogens (primary N) is 1. The highest BCUT2D eigenvalue weighted by atomic mass is 35.5. The van der Waals surface area contributed by atoms with Crippen LogP contribution in [0.5, 0.6) is 0 Å². The smallest absolute Gasteiger partial charge is 0.221 e. The van der Waals surface area contributed by atoms with E-state index in [2.05, 4.69) is 28.1 Å². The Balaban J connectivity index is 0.00000289. The van der Waals surface area contributed by atoms with Gasteiger partial charge in [0.05, 0.1) is 16.9 Å². The summed E-state index contributed by atoms with van der Waals surface area (Å²) in [7, 11) is 0. The Hall–Kier alpha value is -1.66. The zero-order valence-corrected chi connectivity index (χ0v) is 10.6. The Kier molecular flexibility index (Phi) is 4.86. The highest BCUT2D eigenvalue weighted by Crippen LogP contribution is 2.22. The first kappa shape index (κ1) is 13.4. The molecule has 0 bridgehead atoms. The summed E-state index contributed by atoms with van der Waals surface area (Å²) in [5.74, 6) is -0.177.